The minimum atomic E-state index is -0.273. The topological polar surface area (TPSA) is 122 Å². The molecule has 3 heterocycles. The lowest BCUT2D eigenvalue weighted by molar-refractivity contribution is -0.122. The third-order valence-corrected chi connectivity index (χ3v) is 5.04. The van der Waals surface area contributed by atoms with Gasteiger partial charge in [0.25, 0.3) is 0 Å². The molecule has 0 radical (unpaired) electrons. The molecule has 2 aliphatic rings. The molecule has 10 heteroatoms. The number of hydrogen-bond acceptors (Lipinski definition) is 8. The van der Waals surface area contributed by atoms with Gasteiger partial charge in [0.15, 0.2) is 0 Å². The molecule has 1 aliphatic carbocycles. The molecule has 2 aromatic heterocycles. The number of aromatic nitrogens is 6. The maximum Gasteiger partial charge on any atom is 0.222 e. The van der Waals surface area contributed by atoms with Crippen molar-refractivity contribution >= 4 is 11.7 Å². The third-order valence-electron chi connectivity index (χ3n) is 5.04. The molecule has 10 nitrogen and oxygen atoms in total. The predicted molar refractivity (Wildman–Crippen MR) is 91.2 cm³/mol. The van der Waals surface area contributed by atoms with Crippen molar-refractivity contribution in [2.75, 3.05) is 18.0 Å². The molecule has 1 atom stereocenters. The quantitative estimate of drug-likeness (QED) is 0.708. The second kappa shape index (κ2) is 7.32. The summed E-state index contributed by atoms with van der Waals surface area (Å²) in [7, 11) is 0. The van der Waals surface area contributed by atoms with Gasteiger partial charge in [-0.15, -0.1) is 5.10 Å². The van der Waals surface area contributed by atoms with E-state index in [4.69, 9.17) is 0 Å². The monoisotopic (exact) mass is 358 g/mol. The number of carbonyl (C=O) groups is 1. The zero-order chi connectivity index (χ0) is 17.9. The molecule has 4 rings (SSSR count). The number of nitrogens with one attached hydrogen (secondary N) is 1. The fourth-order valence-electron chi connectivity index (χ4n) is 3.48. The molecule has 0 spiro atoms. The van der Waals surface area contributed by atoms with Crippen LogP contribution in [-0.4, -0.2) is 66.4 Å². The molecule has 0 aromatic carbocycles. The summed E-state index contributed by atoms with van der Waals surface area (Å²) in [6, 6.07) is 2.20. The second-order valence-electron chi connectivity index (χ2n) is 6.95. The number of aliphatic hydroxyl groups is 1. The number of anilines is 1. The molecule has 0 bridgehead atoms. The van der Waals surface area contributed by atoms with E-state index in [1.54, 1.807) is 11.0 Å². The highest BCUT2D eigenvalue weighted by Gasteiger charge is 2.33. The van der Waals surface area contributed by atoms with Crippen molar-refractivity contribution in [1.82, 2.24) is 35.5 Å². The molecule has 138 valence electrons. The number of tetrazole rings is 1. The average Bonchev–Trinajstić information content (AvgIpc) is 3.27. The van der Waals surface area contributed by atoms with Crippen molar-refractivity contribution in [3.8, 4) is 0 Å². The van der Waals surface area contributed by atoms with Gasteiger partial charge < -0.3 is 15.3 Å². The van der Waals surface area contributed by atoms with E-state index >= 15 is 0 Å². The second-order valence-corrected chi connectivity index (χ2v) is 6.95. The Kier molecular flexibility index (Phi) is 4.74. The molecule has 1 amide bonds. The zero-order valence-corrected chi connectivity index (χ0v) is 14.4. The van der Waals surface area contributed by atoms with E-state index in [-0.39, 0.29) is 18.1 Å². The molecule has 2 aromatic rings. The Hall–Kier alpha value is -2.62. The first-order valence-electron chi connectivity index (χ1n) is 8.92. The first-order valence-corrected chi connectivity index (χ1v) is 8.92. The lowest BCUT2D eigenvalue weighted by Crippen LogP contribution is -2.43. The number of rotatable bonds is 6. The summed E-state index contributed by atoms with van der Waals surface area (Å²) < 4.78 is 1.54. The standard InChI is InChI=1S/C16H22N8O2/c25-13-1-3-23(8-13)15-7-14(17-9-18-15)11-5-12(6-11)20-16(26)2-4-24-10-19-21-22-24/h7,9-13,25H,1-6,8H2,(H,20,26)/t11?,12?,13-/m0/s1. The van der Waals surface area contributed by atoms with Gasteiger partial charge in [0.2, 0.25) is 5.91 Å². The number of β-amino-alcohol motifs (C(OH)–C–C–N with tert-alkyl or cyclic N) is 1. The van der Waals surface area contributed by atoms with Crippen LogP contribution in [0.4, 0.5) is 5.82 Å². The van der Waals surface area contributed by atoms with Crippen molar-refractivity contribution in [3.63, 3.8) is 0 Å². The Balaban J connectivity index is 1.25. The summed E-state index contributed by atoms with van der Waals surface area (Å²) in [5.41, 5.74) is 1.01. The number of hydrogen-bond donors (Lipinski definition) is 2. The Morgan fingerprint density at radius 3 is 2.96 bits per heavy atom. The van der Waals surface area contributed by atoms with Crippen molar-refractivity contribution in [3.05, 3.63) is 24.4 Å². The normalized spacial score (nSPS) is 25.1. The van der Waals surface area contributed by atoms with Gasteiger partial charge in [-0.3, -0.25) is 4.79 Å². The molecular formula is C16H22N8O2. The maximum absolute atomic E-state index is 12.0. The largest absolute Gasteiger partial charge is 0.391 e. The van der Waals surface area contributed by atoms with Crippen LogP contribution in [0.25, 0.3) is 0 Å². The van der Waals surface area contributed by atoms with Crippen LogP contribution < -0.4 is 10.2 Å². The van der Waals surface area contributed by atoms with Crippen LogP contribution in [-0.2, 0) is 11.3 Å². The van der Waals surface area contributed by atoms with Crippen molar-refractivity contribution in [2.45, 2.75) is 50.3 Å². The van der Waals surface area contributed by atoms with Crippen LogP contribution in [0.15, 0.2) is 18.7 Å². The van der Waals surface area contributed by atoms with Gasteiger partial charge in [-0.1, -0.05) is 0 Å². The minimum Gasteiger partial charge on any atom is -0.391 e. The molecule has 2 N–H and O–H groups in total. The molecular weight excluding hydrogens is 336 g/mol. The fourth-order valence-corrected chi connectivity index (χ4v) is 3.48. The third kappa shape index (κ3) is 3.79. The summed E-state index contributed by atoms with van der Waals surface area (Å²) in [4.78, 5) is 22.8. The van der Waals surface area contributed by atoms with Crippen LogP contribution in [0, 0.1) is 0 Å². The van der Waals surface area contributed by atoms with Crippen molar-refractivity contribution in [1.29, 1.82) is 0 Å². The summed E-state index contributed by atoms with van der Waals surface area (Å²) in [6.07, 6.45) is 5.73. The SMILES string of the molecule is O=C(CCn1cnnn1)NC1CC(c2cc(N3CC[C@H](O)C3)ncn2)C1. The Morgan fingerprint density at radius 1 is 1.35 bits per heavy atom. The zero-order valence-electron chi connectivity index (χ0n) is 14.4. The van der Waals surface area contributed by atoms with Crippen LogP contribution in [0.1, 0.15) is 37.3 Å². The van der Waals surface area contributed by atoms with Gasteiger partial charge in [-0.05, 0) is 29.7 Å². The van der Waals surface area contributed by atoms with Crippen LogP contribution in [0.3, 0.4) is 0 Å². The van der Waals surface area contributed by atoms with Gasteiger partial charge >= 0.3 is 0 Å². The summed E-state index contributed by atoms with van der Waals surface area (Å²) in [5, 5.41) is 23.6. The van der Waals surface area contributed by atoms with Gasteiger partial charge in [-0.2, -0.15) is 0 Å². The Bertz CT molecular complexity index is 746. The number of aliphatic hydroxyl groups excluding tert-OH is 1. The molecule has 26 heavy (non-hydrogen) atoms. The van der Waals surface area contributed by atoms with Crippen molar-refractivity contribution in [2.24, 2.45) is 0 Å². The molecule has 2 fully saturated rings. The molecule has 0 unspecified atom stereocenters. The highest BCUT2D eigenvalue weighted by atomic mass is 16.3. The molecule has 1 saturated carbocycles. The van der Waals surface area contributed by atoms with Crippen LogP contribution in [0.2, 0.25) is 0 Å². The smallest absolute Gasteiger partial charge is 0.222 e. The van der Waals surface area contributed by atoms with E-state index in [1.807, 2.05) is 6.07 Å². The number of amides is 1. The van der Waals surface area contributed by atoms with E-state index in [9.17, 15) is 9.90 Å². The van der Waals surface area contributed by atoms with Crippen molar-refractivity contribution < 1.29 is 9.90 Å². The lowest BCUT2D eigenvalue weighted by atomic mass is 9.78. The molecule has 1 saturated heterocycles. The number of carbonyl (C=O) groups excluding carboxylic acids is 1. The highest BCUT2D eigenvalue weighted by molar-refractivity contribution is 5.76. The van der Waals surface area contributed by atoms with E-state index in [1.165, 1.54) is 6.33 Å². The summed E-state index contributed by atoms with van der Waals surface area (Å²) in [5.74, 6) is 1.23. The fraction of sp³-hybridized carbons (Fsp3) is 0.625. The van der Waals surface area contributed by atoms with Gasteiger partial charge in [0.05, 0.1) is 12.6 Å². The highest BCUT2D eigenvalue weighted by Crippen LogP contribution is 2.36. The number of nitrogens with zero attached hydrogens (tertiary/aromatic N) is 7. The van der Waals surface area contributed by atoms with E-state index in [2.05, 4.69) is 35.7 Å². The summed E-state index contributed by atoms with van der Waals surface area (Å²) >= 11 is 0. The Labute approximate surface area is 150 Å². The maximum atomic E-state index is 12.0. The van der Waals surface area contributed by atoms with E-state index in [0.717, 1.165) is 37.3 Å². The Morgan fingerprint density at radius 2 is 2.23 bits per heavy atom. The van der Waals surface area contributed by atoms with Crippen LogP contribution in [0.5, 0.6) is 0 Å². The van der Waals surface area contributed by atoms with Gasteiger partial charge in [0, 0.05) is 43.2 Å². The number of aryl methyl sites for hydroxylation is 1. The summed E-state index contributed by atoms with van der Waals surface area (Å²) in [6.45, 7) is 1.93. The molecule has 1 aliphatic heterocycles. The minimum absolute atomic E-state index is 0.0124. The van der Waals surface area contributed by atoms with Gasteiger partial charge in [0.1, 0.15) is 18.5 Å². The van der Waals surface area contributed by atoms with Gasteiger partial charge in [-0.25, -0.2) is 14.6 Å². The average molecular weight is 358 g/mol. The van der Waals surface area contributed by atoms with E-state index in [0.29, 0.717) is 25.4 Å². The first kappa shape index (κ1) is 16.8. The van der Waals surface area contributed by atoms with Crippen LogP contribution >= 0.6 is 0 Å². The lowest BCUT2D eigenvalue weighted by Gasteiger charge is -2.35. The van der Waals surface area contributed by atoms with E-state index < -0.39 is 0 Å². The predicted octanol–water partition coefficient (Wildman–Crippen LogP) is -0.513. The first-order chi connectivity index (χ1) is 12.7.